The van der Waals surface area contributed by atoms with E-state index in [1.165, 1.54) is 5.56 Å². The van der Waals surface area contributed by atoms with Crippen LogP contribution in [0.3, 0.4) is 0 Å². The first-order valence-electron chi connectivity index (χ1n) is 9.89. The molecule has 0 spiro atoms. The number of rotatable bonds is 5. The number of hydrogen-bond acceptors (Lipinski definition) is 7. The highest BCUT2D eigenvalue weighted by molar-refractivity contribution is 5.62. The van der Waals surface area contributed by atoms with Gasteiger partial charge >= 0.3 is 0 Å². The quantitative estimate of drug-likeness (QED) is 0.718. The third-order valence-electron chi connectivity index (χ3n) is 4.99. The Hall–Kier alpha value is -3.35. The summed E-state index contributed by atoms with van der Waals surface area (Å²) in [6, 6.07) is 16.3. The predicted octanol–water partition coefficient (Wildman–Crippen LogP) is 3.32. The standard InChI is InChI=1S/C22H27N7/c1-17-7-6-8-18(15-17)24-19-16-21(27(2)3)26-22(25-19)29-13-11-28(12-14-29)20-9-4-5-10-23-20/h4-10,15-16H,11-14H2,1-3H3,(H,24,25,26). The molecular weight excluding hydrogens is 362 g/mol. The Labute approximate surface area is 172 Å². The molecule has 0 unspecified atom stereocenters. The topological polar surface area (TPSA) is 60.4 Å². The maximum absolute atomic E-state index is 4.81. The lowest BCUT2D eigenvalue weighted by Crippen LogP contribution is -2.47. The van der Waals surface area contributed by atoms with Crippen molar-refractivity contribution < 1.29 is 0 Å². The van der Waals surface area contributed by atoms with Crippen molar-refractivity contribution in [3.8, 4) is 0 Å². The summed E-state index contributed by atoms with van der Waals surface area (Å²) in [6.07, 6.45) is 1.84. The van der Waals surface area contributed by atoms with Gasteiger partial charge in [-0.2, -0.15) is 9.97 Å². The van der Waals surface area contributed by atoms with Gasteiger partial charge in [0.15, 0.2) is 0 Å². The Kier molecular flexibility index (Phi) is 5.46. The molecule has 1 aromatic carbocycles. The summed E-state index contributed by atoms with van der Waals surface area (Å²) in [7, 11) is 4.00. The Bertz CT molecular complexity index is 950. The van der Waals surface area contributed by atoms with Crippen molar-refractivity contribution in [1.82, 2.24) is 15.0 Å². The molecule has 4 rings (SSSR count). The Balaban J connectivity index is 1.53. The van der Waals surface area contributed by atoms with Crippen LogP contribution in [-0.2, 0) is 0 Å². The number of aromatic nitrogens is 3. The number of hydrogen-bond donors (Lipinski definition) is 1. The van der Waals surface area contributed by atoms with Crippen molar-refractivity contribution in [2.24, 2.45) is 0 Å². The number of anilines is 5. The molecule has 0 amide bonds. The van der Waals surface area contributed by atoms with E-state index in [0.717, 1.165) is 55.3 Å². The fraction of sp³-hybridized carbons (Fsp3) is 0.318. The zero-order chi connectivity index (χ0) is 20.2. The van der Waals surface area contributed by atoms with E-state index in [1.54, 1.807) is 0 Å². The van der Waals surface area contributed by atoms with Crippen LogP contribution in [-0.4, -0.2) is 55.2 Å². The van der Waals surface area contributed by atoms with Crippen LogP contribution in [0.25, 0.3) is 0 Å². The largest absolute Gasteiger partial charge is 0.363 e. The van der Waals surface area contributed by atoms with Gasteiger partial charge in [-0.05, 0) is 36.8 Å². The minimum atomic E-state index is 0.757. The van der Waals surface area contributed by atoms with Gasteiger partial charge in [0.2, 0.25) is 5.95 Å². The number of benzene rings is 1. The van der Waals surface area contributed by atoms with Crippen LogP contribution in [0, 0.1) is 6.92 Å². The summed E-state index contributed by atoms with van der Waals surface area (Å²) in [5, 5.41) is 3.43. The number of aryl methyl sites for hydroxylation is 1. The molecule has 7 heteroatoms. The van der Waals surface area contributed by atoms with Crippen LogP contribution < -0.4 is 20.0 Å². The first-order chi connectivity index (χ1) is 14.1. The van der Waals surface area contributed by atoms with E-state index in [4.69, 9.17) is 9.97 Å². The van der Waals surface area contributed by atoms with Crippen molar-refractivity contribution in [3.63, 3.8) is 0 Å². The molecule has 0 aliphatic carbocycles. The second-order valence-corrected chi connectivity index (χ2v) is 7.46. The molecule has 0 saturated carbocycles. The van der Waals surface area contributed by atoms with Gasteiger partial charge in [0.1, 0.15) is 17.5 Å². The molecule has 1 saturated heterocycles. The number of pyridine rings is 1. The van der Waals surface area contributed by atoms with Gasteiger partial charge in [-0.3, -0.25) is 0 Å². The van der Waals surface area contributed by atoms with E-state index >= 15 is 0 Å². The van der Waals surface area contributed by atoms with Crippen LogP contribution in [0.4, 0.5) is 29.1 Å². The van der Waals surface area contributed by atoms with E-state index in [9.17, 15) is 0 Å². The smallest absolute Gasteiger partial charge is 0.229 e. The lowest BCUT2D eigenvalue weighted by Gasteiger charge is -2.35. The van der Waals surface area contributed by atoms with Crippen LogP contribution >= 0.6 is 0 Å². The molecule has 0 atom stereocenters. The molecule has 1 N–H and O–H groups in total. The SMILES string of the molecule is Cc1cccc(Nc2cc(N(C)C)nc(N3CCN(c4ccccn4)CC3)n2)c1. The van der Waals surface area contributed by atoms with Gasteiger partial charge in [-0.1, -0.05) is 18.2 Å². The molecule has 1 aliphatic rings. The lowest BCUT2D eigenvalue weighted by molar-refractivity contribution is 0.635. The maximum Gasteiger partial charge on any atom is 0.229 e. The Morgan fingerprint density at radius 2 is 1.69 bits per heavy atom. The van der Waals surface area contributed by atoms with E-state index in [-0.39, 0.29) is 0 Å². The van der Waals surface area contributed by atoms with Gasteiger partial charge in [0, 0.05) is 58.2 Å². The normalized spacial score (nSPS) is 14.0. The average molecular weight is 390 g/mol. The lowest BCUT2D eigenvalue weighted by atomic mass is 10.2. The molecule has 1 fully saturated rings. The van der Waals surface area contributed by atoms with Crippen molar-refractivity contribution in [2.75, 3.05) is 60.3 Å². The summed E-state index contributed by atoms with van der Waals surface area (Å²) >= 11 is 0. The third kappa shape index (κ3) is 4.56. The summed E-state index contributed by atoms with van der Waals surface area (Å²) in [5.41, 5.74) is 2.24. The molecule has 7 nitrogen and oxygen atoms in total. The second kappa shape index (κ2) is 8.34. The van der Waals surface area contributed by atoms with E-state index in [1.807, 2.05) is 49.5 Å². The second-order valence-electron chi connectivity index (χ2n) is 7.46. The molecule has 3 aromatic rings. The predicted molar refractivity (Wildman–Crippen MR) is 119 cm³/mol. The van der Waals surface area contributed by atoms with Crippen molar-refractivity contribution >= 4 is 29.1 Å². The molecule has 1 aliphatic heterocycles. The van der Waals surface area contributed by atoms with Crippen LogP contribution in [0.15, 0.2) is 54.7 Å². The highest BCUT2D eigenvalue weighted by atomic mass is 15.3. The summed E-state index contributed by atoms with van der Waals surface area (Å²) in [5.74, 6) is 3.47. The zero-order valence-electron chi connectivity index (χ0n) is 17.2. The molecule has 0 bridgehead atoms. The molecule has 2 aromatic heterocycles. The van der Waals surface area contributed by atoms with Crippen LogP contribution in [0.5, 0.6) is 0 Å². The van der Waals surface area contributed by atoms with E-state index in [0.29, 0.717) is 0 Å². The molecule has 3 heterocycles. The minimum absolute atomic E-state index is 0.757. The zero-order valence-corrected chi connectivity index (χ0v) is 17.2. The molecule has 0 radical (unpaired) electrons. The van der Waals surface area contributed by atoms with Crippen molar-refractivity contribution in [1.29, 1.82) is 0 Å². The van der Waals surface area contributed by atoms with E-state index in [2.05, 4.69) is 51.3 Å². The maximum atomic E-state index is 4.81. The highest BCUT2D eigenvalue weighted by Gasteiger charge is 2.21. The van der Waals surface area contributed by atoms with Crippen molar-refractivity contribution in [3.05, 3.63) is 60.3 Å². The van der Waals surface area contributed by atoms with Crippen LogP contribution in [0.1, 0.15) is 5.56 Å². The van der Waals surface area contributed by atoms with E-state index < -0.39 is 0 Å². The van der Waals surface area contributed by atoms with Crippen LogP contribution in [0.2, 0.25) is 0 Å². The summed E-state index contributed by atoms with van der Waals surface area (Å²) in [6.45, 7) is 5.60. The van der Waals surface area contributed by atoms with Gasteiger partial charge < -0.3 is 20.0 Å². The highest BCUT2D eigenvalue weighted by Crippen LogP contribution is 2.24. The third-order valence-corrected chi connectivity index (χ3v) is 4.99. The fourth-order valence-corrected chi connectivity index (χ4v) is 3.40. The van der Waals surface area contributed by atoms with Gasteiger partial charge in [-0.25, -0.2) is 4.98 Å². The van der Waals surface area contributed by atoms with Crippen molar-refractivity contribution in [2.45, 2.75) is 6.92 Å². The molecule has 29 heavy (non-hydrogen) atoms. The molecule has 150 valence electrons. The first-order valence-corrected chi connectivity index (χ1v) is 9.89. The van der Waals surface area contributed by atoms with Gasteiger partial charge in [0.05, 0.1) is 0 Å². The minimum Gasteiger partial charge on any atom is -0.363 e. The Morgan fingerprint density at radius 3 is 2.38 bits per heavy atom. The number of nitrogens with one attached hydrogen (secondary N) is 1. The summed E-state index contributed by atoms with van der Waals surface area (Å²) < 4.78 is 0. The fourth-order valence-electron chi connectivity index (χ4n) is 3.40. The Morgan fingerprint density at radius 1 is 0.897 bits per heavy atom. The van der Waals surface area contributed by atoms with Gasteiger partial charge in [-0.15, -0.1) is 0 Å². The number of nitrogens with zero attached hydrogens (tertiary/aromatic N) is 6. The monoisotopic (exact) mass is 389 g/mol. The first kappa shape index (κ1) is 19.0. The summed E-state index contributed by atoms with van der Waals surface area (Å²) in [4.78, 5) is 20.6. The van der Waals surface area contributed by atoms with Gasteiger partial charge in [0.25, 0.3) is 0 Å². The molecular formula is C22H27N7. The number of piperazine rings is 1. The average Bonchev–Trinajstić information content (AvgIpc) is 2.74.